The molecular formula is C15H17FN2O2S. The molecule has 0 heterocycles. The molecule has 0 spiro atoms. The van der Waals surface area contributed by atoms with E-state index in [9.17, 15) is 12.8 Å². The first kappa shape index (κ1) is 15.5. The molecule has 0 radical (unpaired) electrons. The van der Waals surface area contributed by atoms with Gasteiger partial charge in [-0.2, -0.15) is 0 Å². The molecule has 21 heavy (non-hydrogen) atoms. The number of benzene rings is 2. The molecule has 112 valence electrons. The lowest BCUT2D eigenvalue weighted by atomic mass is 10.2. The lowest BCUT2D eigenvalue weighted by Gasteiger charge is -2.20. The SMILES string of the molecule is CNCc1ccc(F)c(S(=O)(=O)N(C)c2ccccc2)c1. The van der Waals surface area contributed by atoms with Crippen molar-refractivity contribution in [1.29, 1.82) is 0 Å². The number of para-hydroxylation sites is 1. The Labute approximate surface area is 124 Å². The maximum absolute atomic E-state index is 14.0. The van der Waals surface area contributed by atoms with Crippen LogP contribution < -0.4 is 9.62 Å². The van der Waals surface area contributed by atoms with Gasteiger partial charge < -0.3 is 5.32 Å². The van der Waals surface area contributed by atoms with Gasteiger partial charge in [0.1, 0.15) is 10.7 Å². The van der Waals surface area contributed by atoms with Gasteiger partial charge in [0.15, 0.2) is 0 Å². The number of halogens is 1. The second-order valence-electron chi connectivity index (χ2n) is 4.60. The van der Waals surface area contributed by atoms with Gasteiger partial charge in [-0.1, -0.05) is 24.3 Å². The van der Waals surface area contributed by atoms with Gasteiger partial charge in [0, 0.05) is 13.6 Å². The van der Waals surface area contributed by atoms with Crippen molar-refractivity contribution in [3.63, 3.8) is 0 Å². The number of rotatable bonds is 5. The van der Waals surface area contributed by atoms with Crippen molar-refractivity contribution in [2.24, 2.45) is 0 Å². The van der Waals surface area contributed by atoms with E-state index in [4.69, 9.17) is 0 Å². The summed E-state index contributed by atoms with van der Waals surface area (Å²) in [4.78, 5) is -0.318. The Kier molecular flexibility index (Phi) is 4.59. The molecule has 4 nitrogen and oxygen atoms in total. The normalized spacial score (nSPS) is 11.4. The lowest BCUT2D eigenvalue weighted by molar-refractivity contribution is 0.564. The van der Waals surface area contributed by atoms with E-state index < -0.39 is 15.8 Å². The molecule has 2 rings (SSSR count). The van der Waals surface area contributed by atoms with Crippen molar-refractivity contribution in [3.8, 4) is 0 Å². The molecular weight excluding hydrogens is 291 g/mol. The van der Waals surface area contributed by atoms with Gasteiger partial charge in [-0.25, -0.2) is 12.8 Å². The largest absolute Gasteiger partial charge is 0.316 e. The summed E-state index contributed by atoms with van der Waals surface area (Å²) in [6.45, 7) is 0.470. The van der Waals surface area contributed by atoms with Crippen LogP contribution in [0, 0.1) is 5.82 Å². The minimum atomic E-state index is -3.93. The third-order valence-corrected chi connectivity index (χ3v) is 4.94. The molecule has 0 aliphatic rings. The number of sulfonamides is 1. The fourth-order valence-corrected chi connectivity index (χ4v) is 3.29. The summed E-state index contributed by atoms with van der Waals surface area (Å²) in [6.07, 6.45) is 0. The van der Waals surface area contributed by atoms with E-state index in [1.54, 1.807) is 43.4 Å². The fraction of sp³-hybridized carbons (Fsp3) is 0.200. The van der Waals surface area contributed by atoms with Gasteiger partial charge in [0.2, 0.25) is 0 Å². The molecule has 0 saturated heterocycles. The van der Waals surface area contributed by atoms with Crippen LogP contribution in [-0.4, -0.2) is 22.5 Å². The van der Waals surface area contributed by atoms with Crippen molar-refractivity contribution in [1.82, 2.24) is 5.32 Å². The number of hydrogen-bond donors (Lipinski definition) is 1. The van der Waals surface area contributed by atoms with E-state index >= 15 is 0 Å². The van der Waals surface area contributed by atoms with Gasteiger partial charge in [0.25, 0.3) is 10.0 Å². The molecule has 0 aromatic heterocycles. The van der Waals surface area contributed by atoms with Crippen LogP contribution in [0.15, 0.2) is 53.4 Å². The monoisotopic (exact) mass is 308 g/mol. The Balaban J connectivity index is 2.46. The van der Waals surface area contributed by atoms with Crippen molar-refractivity contribution >= 4 is 15.7 Å². The number of nitrogens with zero attached hydrogens (tertiary/aromatic N) is 1. The smallest absolute Gasteiger partial charge is 0.266 e. The topological polar surface area (TPSA) is 49.4 Å². The molecule has 6 heteroatoms. The van der Waals surface area contributed by atoms with Crippen LogP contribution in [-0.2, 0) is 16.6 Å². The van der Waals surface area contributed by atoms with Crippen LogP contribution in [0.5, 0.6) is 0 Å². The standard InChI is InChI=1S/C15H17FN2O2S/c1-17-11-12-8-9-14(16)15(10-12)21(19,20)18(2)13-6-4-3-5-7-13/h3-10,17H,11H2,1-2H3. The van der Waals surface area contributed by atoms with Crippen molar-refractivity contribution in [2.75, 3.05) is 18.4 Å². The minimum absolute atomic E-state index is 0.318. The summed E-state index contributed by atoms with van der Waals surface area (Å²) in [5, 5.41) is 2.91. The zero-order valence-corrected chi connectivity index (χ0v) is 12.7. The second-order valence-corrected chi connectivity index (χ2v) is 6.54. The molecule has 0 fully saturated rings. The number of nitrogens with one attached hydrogen (secondary N) is 1. The maximum Gasteiger partial charge on any atom is 0.266 e. The predicted octanol–water partition coefficient (Wildman–Crippen LogP) is 2.37. The third-order valence-electron chi connectivity index (χ3n) is 3.13. The van der Waals surface area contributed by atoms with Crippen LogP contribution in [0.25, 0.3) is 0 Å². The highest BCUT2D eigenvalue weighted by atomic mass is 32.2. The molecule has 0 aliphatic carbocycles. The van der Waals surface area contributed by atoms with Crippen LogP contribution in [0.3, 0.4) is 0 Å². The Bertz CT molecular complexity index is 718. The zero-order chi connectivity index (χ0) is 15.5. The molecule has 0 atom stereocenters. The highest BCUT2D eigenvalue weighted by Crippen LogP contribution is 2.24. The van der Waals surface area contributed by atoms with Gasteiger partial charge in [0.05, 0.1) is 5.69 Å². The Morgan fingerprint density at radius 3 is 2.43 bits per heavy atom. The summed E-state index contributed by atoms with van der Waals surface area (Å²) in [5.74, 6) is -0.752. The average Bonchev–Trinajstić information content (AvgIpc) is 2.49. The zero-order valence-electron chi connectivity index (χ0n) is 11.9. The minimum Gasteiger partial charge on any atom is -0.316 e. The summed E-state index contributed by atoms with van der Waals surface area (Å²) in [6, 6.07) is 12.7. The van der Waals surface area contributed by atoms with Crippen molar-refractivity contribution in [2.45, 2.75) is 11.4 Å². The van der Waals surface area contributed by atoms with E-state index in [-0.39, 0.29) is 4.90 Å². The van der Waals surface area contributed by atoms with E-state index in [1.165, 1.54) is 19.2 Å². The Morgan fingerprint density at radius 2 is 1.81 bits per heavy atom. The molecule has 2 aromatic rings. The van der Waals surface area contributed by atoms with Crippen LogP contribution in [0.2, 0.25) is 0 Å². The van der Waals surface area contributed by atoms with Crippen LogP contribution >= 0.6 is 0 Å². The van der Waals surface area contributed by atoms with E-state index in [0.717, 1.165) is 4.31 Å². The number of hydrogen-bond acceptors (Lipinski definition) is 3. The average molecular weight is 308 g/mol. The van der Waals surface area contributed by atoms with Crippen LogP contribution in [0.1, 0.15) is 5.56 Å². The second kappa shape index (κ2) is 6.24. The molecule has 0 aliphatic heterocycles. The van der Waals surface area contributed by atoms with Gasteiger partial charge in [-0.3, -0.25) is 4.31 Å². The maximum atomic E-state index is 14.0. The Morgan fingerprint density at radius 1 is 1.14 bits per heavy atom. The fourth-order valence-electron chi connectivity index (χ4n) is 1.98. The van der Waals surface area contributed by atoms with E-state index in [0.29, 0.717) is 17.8 Å². The quantitative estimate of drug-likeness (QED) is 0.922. The first-order chi connectivity index (χ1) is 9.96. The molecule has 0 unspecified atom stereocenters. The molecule has 1 N–H and O–H groups in total. The molecule has 2 aromatic carbocycles. The van der Waals surface area contributed by atoms with E-state index in [2.05, 4.69) is 5.32 Å². The summed E-state index contributed by atoms with van der Waals surface area (Å²) < 4.78 is 40.2. The van der Waals surface area contributed by atoms with Gasteiger partial charge >= 0.3 is 0 Å². The summed E-state index contributed by atoms with van der Waals surface area (Å²) >= 11 is 0. The molecule has 0 bridgehead atoms. The first-order valence-corrected chi connectivity index (χ1v) is 7.88. The highest BCUT2D eigenvalue weighted by molar-refractivity contribution is 7.92. The number of anilines is 1. The van der Waals surface area contributed by atoms with E-state index in [1.807, 2.05) is 0 Å². The molecule has 0 saturated carbocycles. The van der Waals surface area contributed by atoms with Crippen molar-refractivity contribution in [3.05, 3.63) is 59.9 Å². The third kappa shape index (κ3) is 3.22. The Hall–Kier alpha value is -1.92. The lowest BCUT2D eigenvalue weighted by Crippen LogP contribution is -2.27. The molecule has 0 amide bonds. The summed E-state index contributed by atoms with van der Waals surface area (Å²) in [7, 11) is -0.778. The first-order valence-electron chi connectivity index (χ1n) is 6.44. The van der Waals surface area contributed by atoms with Crippen LogP contribution in [0.4, 0.5) is 10.1 Å². The van der Waals surface area contributed by atoms with Crippen molar-refractivity contribution < 1.29 is 12.8 Å². The van der Waals surface area contributed by atoms with Gasteiger partial charge in [-0.15, -0.1) is 0 Å². The predicted molar refractivity (Wildman–Crippen MR) is 81.2 cm³/mol. The summed E-state index contributed by atoms with van der Waals surface area (Å²) in [5.41, 5.74) is 1.19. The van der Waals surface area contributed by atoms with Gasteiger partial charge in [-0.05, 0) is 36.9 Å². The highest BCUT2D eigenvalue weighted by Gasteiger charge is 2.25.